The number of carbonyl (C=O) groups excluding carboxylic acids is 1. The van der Waals surface area contributed by atoms with Gasteiger partial charge in [0.05, 0.1) is 29.3 Å². The van der Waals surface area contributed by atoms with Crippen LogP contribution in [0.4, 0.5) is 23.1 Å². The van der Waals surface area contributed by atoms with Gasteiger partial charge in [-0.15, -0.1) is 0 Å². The number of anilines is 4. The summed E-state index contributed by atoms with van der Waals surface area (Å²) in [6.07, 6.45) is 6.25. The Labute approximate surface area is 211 Å². The average molecular weight is 514 g/mol. The minimum Gasteiger partial charge on any atom is -0.395 e. The second kappa shape index (κ2) is 11.5. The fourth-order valence-electron chi connectivity index (χ4n) is 4.69. The van der Waals surface area contributed by atoms with Crippen LogP contribution in [0.2, 0.25) is 0 Å². The van der Waals surface area contributed by atoms with E-state index in [0.717, 1.165) is 51.6 Å². The average Bonchev–Trinajstić information content (AvgIpc) is 2.85. The van der Waals surface area contributed by atoms with E-state index in [0.29, 0.717) is 29.4 Å². The molecule has 0 radical (unpaired) electrons. The van der Waals surface area contributed by atoms with E-state index >= 15 is 0 Å². The fourth-order valence-corrected chi connectivity index (χ4v) is 5.51. The van der Waals surface area contributed by atoms with Gasteiger partial charge < -0.3 is 20.6 Å². The third kappa shape index (κ3) is 6.61. The SMILES string of the molecule is N#Cc1cc2nc(n1)NCCCCC[C@@H]1CCCN(C1)c1cc(NS(=O)(=O)CCO)ccc1C(=O)N2. The van der Waals surface area contributed by atoms with E-state index in [1.165, 1.54) is 12.1 Å². The van der Waals surface area contributed by atoms with Gasteiger partial charge in [0, 0.05) is 25.7 Å². The van der Waals surface area contributed by atoms with Crippen molar-refractivity contribution in [2.45, 2.75) is 38.5 Å². The number of aliphatic hydroxyl groups is 1. The number of amides is 1. The minimum absolute atomic E-state index is 0.136. The molecule has 1 aromatic carbocycles. The highest BCUT2D eigenvalue weighted by atomic mass is 32.2. The number of aliphatic hydroxyl groups excluding tert-OH is 1. The van der Waals surface area contributed by atoms with Crippen molar-refractivity contribution in [2.24, 2.45) is 5.92 Å². The lowest BCUT2D eigenvalue weighted by atomic mass is 9.91. The molecule has 2 aliphatic rings. The molecule has 0 unspecified atom stereocenters. The van der Waals surface area contributed by atoms with Gasteiger partial charge in [-0.2, -0.15) is 10.2 Å². The maximum absolute atomic E-state index is 13.4. The van der Waals surface area contributed by atoms with Crippen molar-refractivity contribution in [3.63, 3.8) is 0 Å². The van der Waals surface area contributed by atoms with Gasteiger partial charge >= 0.3 is 0 Å². The Morgan fingerprint density at radius 1 is 1.17 bits per heavy atom. The van der Waals surface area contributed by atoms with Crippen LogP contribution in [0.25, 0.3) is 0 Å². The topological polar surface area (TPSA) is 160 Å². The third-order valence-electron chi connectivity index (χ3n) is 6.39. The molecule has 4 rings (SSSR count). The molecule has 0 aliphatic carbocycles. The van der Waals surface area contributed by atoms with Gasteiger partial charge in [-0.3, -0.25) is 9.52 Å². The first kappa shape index (κ1) is 25.7. The Balaban J connectivity index is 1.72. The number of nitrogens with zero attached hydrogens (tertiary/aromatic N) is 4. The number of sulfonamides is 1. The molecule has 0 saturated carbocycles. The highest BCUT2D eigenvalue weighted by Gasteiger charge is 2.25. The number of nitriles is 1. The second-order valence-electron chi connectivity index (χ2n) is 9.13. The van der Waals surface area contributed by atoms with E-state index in [-0.39, 0.29) is 17.5 Å². The van der Waals surface area contributed by atoms with Crippen molar-refractivity contribution >= 4 is 39.1 Å². The molecule has 4 N–H and O–H groups in total. The lowest BCUT2D eigenvalue weighted by Gasteiger charge is -2.36. The second-order valence-corrected chi connectivity index (χ2v) is 11.0. The summed E-state index contributed by atoms with van der Waals surface area (Å²) in [6.45, 7) is 1.72. The number of rotatable bonds is 4. The molecule has 2 aliphatic heterocycles. The molecular weight excluding hydrogens is 482 g/mol. The van der Waals surface area contributed by atoms with Gasteiger partial charge in [0.15, 0.2) is 0 Å². The summed E-state index contributed by atoms with van der Waals surface area (Å²) in [5, 5.41) is 24.3. The van der Waals surface area contributed by atoms with Gasteiger partial charge in [0.1, 0.15) is 17.6 Å². The van der Waals surface area contributed by atoms with Crippen molar-refractivity contribution in [2.75, 3.05) is 52.2 Å². The van der Waals surface area contributed by atoms with E-state index < -0.39 is 28.3 Å². The predicted molar refractivity (Wildman–Crippen MR) is 138 cm³/mol. The van der Waals surface area contributed by atoms with Crippen molar-refractivity contribution in [3.05, 3.63) is 35.5 Å². The normalized spacial score (nSPS) is 18.8. The van der Waals surface area contributed by atoms with Crippen molar-refractivity contribution in [1.29, 1.82) is 5.26 Å². The zero-order chi connectivity index (χ0) is 25.5. The molecule has 1 atom stereocenters. The van der Waals surface area contributed by atoms with Gasteiger partial charge in [0.25, 0.3) is 5.91 Å². The van der Waals surface area contributed by atoms with Gasteiger partial charge in [-0.25, -0.2) is 13.4 Å². The summed E-state index contributed by atoms with van der Waals surface area (Å²) in [6, 6.07) is 8.20. The number of hydrogen-bond donors (Lipinski definition) is 4. The van der Waals surface area contributed by atoms with Crippen LogP contribution >= 0.6 is 0 Å². The molecule has 192 valence electrons. The lowest BCUT2D eigenvalue weighted by molar-refractivity contribution is 0.102. The number of carbonyl (C=O) groups is 1. The molecule has 11 nitrogen and oxygen atoms in total. The van der Waals surface area contributed by atoms with E-state index in [9.17, 15) is 18.5 Å². The molecule has 12 heteroatoms. The molecule has 4 bridgehead atoms. The number of hydrogen-bond acceptors (Lipinski definition) is 9. The Bertz CT molecular complexity index is 1250. The Morgan fingerprint density at radius 2 is 2.00 bits per heavy atom. The standard InChI is InChI=1S/C24H31N7O4S/c25-15-19-14-22-28-23(33)20-8-7-18(30-36(34,35)12-11-32)13-21(20)31-10-4-6-17(16-31)5-2-1-3-9-26-24(27-19)29-22/h7-8,13-14,17,30,32H,1-6,9-12,16H2,(H2,26,27,28,29,33)/t17-/m1/s1. The molecular formula is C24H31N7O4S. The van der Waals surface area contributed by atoms with E-state index in [2.05, 4.69) is 30.2 Å². The summed E-state index contributed by atoms with van der Waals surface area (Å²) < 4.78 is 27.0. The van der Waals surface area contributed by atoms with Crippen molar-refractivity contribution < 1.29 is 18.3 Å². The van der Waals surface area contributed by atoms with Crippen LogP contribution in [-0.4, -0.2) is 61.4 Å². The minimum atomic E-state index is -3.72. The summed E-state index contributed by atoms with van der Waals surface area (Å²) in [5.74, 6) is 0.140. The molecule has 1 amide bonds. The van der Waals surface area contributed by atoms with E-state index in [1.807, 2.05) is 6.07 Å². The van der Waals surface area contributed by atoms with Crippen LogP contribution in [0, 0.1) is 17.2 Å². The number of fused-ring (bicyclic) bond motifs is 6. The number of piperidine rings is 1. The van der Waals surface area contributed by atoms with Crippen LogP contribution in [-0.2, 0) is 10.0 Å². The van der Waals surface area contributed by atoms with Crippen LogP contribution < -0.4 is 20.3 Å². The molecule has 0 spiro atoms. The molecule has 2 aromatic rings. The van der Waals surface area contributed by atoms with Crippen molar-refractivity contribution in [3.8, 4) is 6.07 Å². The van der Waals surface area contributed by atoms with E-state index in [4.69, 9.17) is 5.11 Å². The lowest BCUT2D eigenvalue weighted by Crippen LogP contribution is -2.36. The van der Waals surface area contributed by atoms with Gasteiger partial charge in [-0.1, -0.05) is 12.8 Å². The largest absolute Gasteiger partial charge is 0.395 e. The maximum Gasteiger partial charge on any atom is 0.258 e. The predicted octanol–water partition coefficient (Wildman–Crippen LogP) is 2.54. The first-order chi connectivity index (χ1) is 17.4. The Hall–Kier alpha value is -3.43. The zero-order valence-electron chi connectivity index (χ0n) is 20.0. The summed E-state index contributed by atoms with van der Waals surface area (Å²) in [4.78, 5) is 24.1. The fraction of sp³-hybridized carbons (Fsp3) is 0.500. The van der Waals surface area contributed by atoms with Crippen LogP contribution in [0.15, 0.2) is 24.3 Å². The summed E-state index contributed by atoms with van der Waals surface area (Å²) >= 11 is 0. The number of aromatic nitrogens is 2. The van der Waals surface area contributed by atoms with Crippen LogP contribution in [0.3, 0.4) is 0 Å². The molecule has 36 heavy (non-hydrogen) atoms. The monoisotopic (exact) mass is 513 g/mol. The number of benzene rings is 1. The number of nitrogens with one attached hydrogen (secondary N) is 3. The molecule has 1 saturated heterocycles. The third-order valence-corrected chi connectivity index (χ3v) is 7.66. The van der Waals surface area contributed by atoms with Gasteiger partial charge in [0.2, 0.25) is 16.0 Å². The van der Waals surface area contributed by atoms with Crippen molar-refractivity contribution in [1.82, 2.24) is 9.97 Å². The molecule has 3 heterocycles. The Kier molecular flexibility index (Phi) is 8.22. The summed E-state index contributed by atoms with van der Waals surface area (Å²) in [5.41, 5.74) is 1.46. The maximum atomic E-state index is 13.4. The first-order valence-corrected chi connectivity index (χ1v) is 13.9. The zero-order valence-corrected chi connectivity index (χ0v) is 20.9. The summed E-state index contributed by atoms with van der Waals surface area (Å²) in [7, 11) is -3.72. The van der Waals surface area contributed by atoms with Crippen LogP contribution in [0.5, 0.6) is 0 Å². The smallest absolute Gasteiger partial charge is 0.258 e. The highest BCUT2D eigenvalue weighted by molar-refractivity contribution is 7.92. The molecule has 1 aromatic heterocycles. The van der Waals surface area contributed by atoms with E-state index in [1.54, 1.807) is 12.1 Å². The van der Waals surface area contributed by atoms with Gasteiger partial charge in [-0.05, 0) is 49.8 Å². The Morgan fingerprint density at radius 3 is 2.81 bits per heavy atom. The molecule has 1 fully saturated rings. The first-order valence-electron chi connectivity index (χ1n) is 12.2. The highest BCUT2D eigenvalue weighted by Crippen LogP contribution is 2.32. The van der Waals surface area contributed by atoms with Crippen LogP contribution in [0.1, 0.15) is 54.6 Å². The quantitative estimate of drug-likeness (QED) is 0.481.